The van der Waals surface area contributed by atoms with Crippen molar-refractivity contribution < 1.29 is 9.59 Å². The maximum Gasteiger partial charge on any atom is 0.241 e. The highest BCUT2D eigenvalue weighted by atomic mass is 16.2. The van der Waals surface area contributed by atoms with Crippen molar-refractivity contribution in [2.45, 2.75) is 25.7 Å². The number of carbonyl (C=O) groups excluding carboxylic acids is 2. The van der Waals surface area contributed by atoms with Crippen molar-refractivity contribution in [1.82, 2.24) is 9.80 Å². The molecule has 0 bridgehead atoms. The van der Waals surface area contributed by atoms with Crippen molar-refractivity contribution in [3.8, 4) is 0 Å². The summed E-state index contributed by atoms with van der Waals surface area (Å²) in [4.78, 5) is 31.3. The van der Waals surface area contributed by atoms with Crippen molar-refractivity contribution >= 4 is 17.5 Å². The van der Waals surface area contributed by atoms with Gasteiger partial charge in [0, 0.05) is 31.2 Å². The van der Waals surface area contributed by atoms with E-state index in [-0.39, 0.29) is 11.8 Å². The van der Waals surface area contributed by atoms with Gasteiger partial charge in [0.2, 0.25) is 11.8 Å². The first-order valence-electron chi connectivity index (χ1n) is 9.66. The minimum atomic E-state index is 0.0837. The molecule has 2 fully saturated rings. The first-order valence-corrected chi connectivity index (χ1v) is 9.66. The molecule has 0 unspecified atom stereocenters. The van der Waals surface area contributed by atoms with Gasteiger partial charge in [-0.1, -0.05) is 24.3 Å². The average molecular weight is 355 g/mol. The molecule has 2 amide bonds. The third kappa shape index (κ3) is 4.52. The minimum Gasteiger partial charge on any atom is -0.342 e. The van der Waals surface area contributed by atoms with Gasteiger partial charge in [-0.15, -0.1) is 6.58 Å². The molecule has 0 saturated carbocycles. The maximum atomic E-state index is 12.8. The van der Waals surface area contributed by atoms with Gasteiger partial charge in [-0.3, -0.25) is 14.5 Å². The van der Waals surface area contributed by atoms with Crippen LogP contribution in [-0.2, 0) is 9.59 Å². The van der Waals surface area contributed by atoms with Crippen LogP contribution >= 0.6 is 0 Å². The highest BCUT2D eigenvalue weighted by molar-refractivity contribution is 5.95. The summed E-state index contributed by atoms with van der Waals surface area (Å²) in [6, 6.07) is 9.72. The lowest BCUT2D eigenvalue weighted by Gasteiger charge is -2.34. The number of benzene rings is 1. The van der Waals surface area contributed by atoms with E-state index in [1.807, 2.05) is 35.2 Å². The minimum absolute atomic E-state index is 0.0837. The number of likely N-dealkylation sites (tertiary alicyclic amines) is 2. The molecule has 5 nitrogen and oxygen atoms in total. The van der Waals surface area contributed by atoms with E-state index in [4.69, 9.17) is 0 Å². The Labute approximate surface area is 156 Å². The number of rotatable bonds is 6. The van der Waals surface area contributed by atoms with Crippen LogP contribution in [0.5, 0.6) is 0 Å². The topological polar surface area (TPSA) is 43.9 Å². The highest BCUT2D eigenvalue weighted by Gasteiger charge is 2.30. The SMILES string of the molecule is C=CCN(C(=O)CN1CCC(C(=O)N2CCCC2)CC1)c1ccccc1. The van der Waals surface area contributed by atoms with Crippen LogP contribution in [0.3, 0.4) is 0 Å². The van der Waals surface area contributed by atoms with Crippen LogP contribution < -0.4 is 4.90 Å². The number of hydrogen-bond donors (Lipinski definition) is 0. The Hall–Kier alpha value is -2.14. The fraction of sp³-hybridized carbons (Fsp3) is 0.524. The second kappa shape index (κ2) is 8.99. The summed E-state index contributed by atoms with van der Waals surface area (Å²) in [6.45, 7) is 8.14. The van der Waals surface area contributed by atoms with Crippen LogP contribution in [0, 0.1) is 5.92 Å². The lowest BCUT2D eigenvalue weighted by atomic mass is 9.95. The van der Waals surface area contributed by atoms with E-state index in [2.05, 4.69) is 11.5 Å². The molecule has 0 N–H and O–H groups in total. The molecule has 140 valence electrons. The summed E-state index contributed by atoms with van der Waals surface area (Å²) in [7, 11) is 0. The predicted octanol–water partition coefficient (Wildman–Crippen LogP) is 2.54. The van der Waals surface area contributed by atoms with Crippen LogP contribution in [-0.4, -0.2) is 60.9 Å². The summed E-state index contributed by atoms with van der Waals surface area (Å²) in [5, 5.41) is 0. The third-order valence-electron chi connectivity index (χ3n) is 5.39. The Kier molecular flexibility index (Phi) is 6.45. The normalized spacial score (nSPS) is 18.7. The van der Waals surface area contributed by atoms with Crippen LogP contribution in [0.1, 0.15) is 25.7 Å². The quantitative estimate of drug-likeness (QED) is 0.737. The zero-order valence-corrected chi connectivity index (χ0v) is 15.5. The second-order valence-electron chi connectivity index (χ2n) is 7.21. The fourth-order valence-corrected chi connectivity index (χ4v) is 3.90. The van der Waals surface area contributed by atoms with Gasteiger partial charge in [0.15, 0.2) is 0 Å². The molecule has 0 aliphatic carbocycles. The number of amides is 2. The van der Waals surface area contributed by atoms with Gasteiger partial charge in [-0.05, 0) is 50.9 Å². The van der Waals surface area contributed by atoms with Gasteiger partial charge in [0.1, 0.15) is 0 Å². The molecule has 2 aliphatic rings. The molecular weight excluding hydrogens is 326 g/mol. The third-order valence-corrected chi connectivity index (χ3v) is 5.39. The van der Waals surface area contributed by atoms with E-state index >= 15 is 0 Å². The molecule has 0 atom stereocenters. The average Bonchev–Trinajstić information content (AvgIpc) is 3.21. The maximum absolute atomic E-state index is 12.8. The summed E-state index contributed by atoms with van der Waals surface area (Å²) in [6.07, 6.45) is 5.74. The number of piperidine rings is 1. The van der Waals surface area contributed by atoms with E-state index in [1.54, 1.807) is 11.0 Å². The molecule has 0 radical (unpaired) electrons. The molecule has 2 saturated heterocycles. The lowest BCUT2D eigenvalue weighted by molar-refractivity contribution is -0.136. The molecule has 1 aromatic rings. The molecule has 3 rings (SSSR count). The number of carbonyl (C=O) groups is 2. The predicted molar refractivity (Wildman–Crippen MR) is 104 cm³/mol. The van der Waals surface area contributed by atoms with Gasteiger partial charge >= 0.3 is 0 Å². The van der Waals surface area contributed by atoms with Crippen molar-refractivity contribution in [3.63, 3.8) is 0 Å². The largest absolute Gasteiger partial charge is 0.342 e. The van der Waals surface area contributed by atoms with E-state index in [0.29, 0.717) is 19.0 Å². The zero-order valence-electron chi connectivity index (χ0n) is 15.5. The lowest BCUT2D eigenvalue weighted by Crippen LogP contribution is -2.46. The summed E-state index contributed by atoms with van der Waals surface area (Å²) in [5.74, 6) is 0.546. The molecule has 26 heavy (non-hydrogen) atoms. The standard InChI is InChI=1S/C21H29N3O2/c1-2-12-24(19-8-4-3-5-9-19)20(25)17-22-15-10-18(11-16-22)21(26)23-13-6-7-14-23/h2-5,8-9,18H,1,6-7,10-17H2. The van der Waals surface area contributed by atoms with E-state index in [1.165, 1.54) is 0 Å². The van der Waals surface area contributed by atoms with Crippen molar-refractivity contribution in [1.29, 1.82) is 0 Å². The number of anilines is 1. The van der Waals surface area contributed by atoms with Crippen LogP contribution in [0.25, 0.3) is 0 Å². The van der Waals surface area contributed by atoms with Gasteiger partial charge in [0.05, 0.1) is 6.54 Å². The summed E-state index contributed by atoms with van der Waals surface area (Å²) >= 11 is 0. The van der Waals surface area contributed by atoms with E-state index in [0.717, 1.165) is 57.5 Å². The zero-order chi connectivity index (χ0) is 18.4. The fourth-order valence-electron chi connectivity index (χ4n) is 3.90. The van der Waals surface area contributed by atoms with Crippen molar-refractivity contribution in [3.05, 3.63) is 43.0 Å². The smallest absolute Gasteiger partial charge is 0.241 e. The number of hydrogen-bond acceptors (Lipinski definition) is 3. The van der Waals surface area contributed by atoms with Crippen LogP contribution in [0.15, 0.2) is 43.0 Å². The molecule has 0 aromatic heterocycles. The van der Waals surface area contributed by atoms with Crippen LogP contribution in [0.4, 0.5) is 5.69 Å². The molecule has 0 spiro atoms. The Morgan fingerprint density at radius 2 is 1.73 bits per heavy atom. The summed E-state index contributed by atoms with van der Waals surface area (Å²) in [5.41, 5.74) is 0.900. The van der Waals surface area contributed by atoms with Crippen LogP contribution in [0.2, 0.25) is 0 Å². The van der Waals surface area contributed by atoms with Crippen molar-refractivity contribution in [2.24, 2.45) is 5.92 Å². The number of para-hydroxylation sites is 1. The molecule has 2 aliphatic heterocycles. The van der Waals surface area contributed by atoms with Gasteiger partial charge in [0.25, 0.3) is 0 Å². The van der Waals surface area contributed by atoms with Crippen molar-refractivity contribution in [2.75, 3.05) is 44.2 Å². The van der Waals surface area contributed by atoms with E-state index < -0.39 is 0 Å². The van der Waals surface area contributed by atoms with Gasteiger partial charge in [-0.25, -0.2) is 0 Å². The first kappa shape index (κ1) is 18.6. The highest BCUT2D eigenvalue weighted by Crippen LogP contribution is 2.22. The first-order chi connectivity index (χ1) is 12.7. The monoisotopic (exact) mass is 355 g/mol. The molecule has 1 aromatic carbocycles. The molecule has 2 heterocycles. The van der Waals surface area contributed by atoms with E-state index in [9.17, 15) is 9.59 Å². The Bertz CT molecular complexity index is 617. The second-order valence-corrected chi connectivity index (χ2v) is 7.21. The van der Waals surface area contributed by atoms with Gasteiger partial charge in [-0.2, -0.15) is 0 Å². The summed E-state index contributed by atoms with van der Waals surface area (Å²) < 4.78 is 0. The number of nitrogens with zero attached hydrogens (tertiary/aromatic N) is 3. The Balaban J connectivity index is 1.52. The Morgan fingerprint density at radius 3 is 2.35 bits per heavy atom. The molecule has 5 heteroatoms. The van der Waals surface area contributed by atoms with Gasteiger partial charge < -0.3 is 9.80 Å². The Morgan fingerprint density at radius 1 is 1.08 bits per heavy atom. The molecular formula is C21H29N3O2.